The van der Waals surface area contributed by atoms with Gasteiger partial charge in [-0.05, 0) is 29.8 Å². The van der Waals surface area contributed by atoms with Gasteiger partial charge in [0.25, 0.3) is 5.91 Å². The summed E-state index contributed by atoms with van der Waals surface area (Å²) in [6.07, 6.45) is 0.215. The van der Waals surface area contributed by atoms with Crippen molar-refractivity contribution in [2.45, 2.75) is 12.5 Å². The zero-order chi connectivity index (χ0) is 16.8. The number of hydrogen-bond acceptors (Lipinski definition) is 4. The Hall–Kier alpha value is -1.89. The zero-order valence-corrected chi connectivity index (χ0v) is 14.0. The molecule has 1 unspecified atom stereocenters. The van der Waals surface area contributed by atoms with Gasteiger partial charge in [0.15, 0.2) is 0 Å². The van der Waals surface area contributed by atoms with Gasteiger partial charge < -0.3 is 15.2 Å². The number of rotatable bonds is 7. The van der Waals surface area contributed by atoms with Gasteiger partial charge in [0.2, 0.25) is 0 Å². The third-order valence-electron chi connectivity index (χ3n) is 3.17. The maximum atomic E-state index is 12.2. The molecule has 2 N–H and O–H groups in total. The summed E-state index contributed by atoms with van der Waals surface area (Å²) >= 11 is 7.15. The van der Waals surface area contributed by atoms with Gasteiger partial charge in [-0.25, -0.2) is 4.79 Å². The number of carbonyl (C=O) groups is 2. The Morgan fingerprint density at radius 3 is 2.57 bits per heavy atom. The minimum absolute atomic E-state index is 0.215. The van der Waals surface area contributed by atoms with Crippen molar-refractivity contribution in [3.8, 4) is 10.4 Å². The average Bonchev–Trinajstić information content (AvgIpc) is 3.01. The van der Waals surface area contributed by atoms with Crippen LogP contribution < -0.4 is 5.32 Å². The number of halogens is 1. The van der Waals surface area contributed by atoms with Crippen LogP contribution in [0.3, 0.4) is 0 Å². The zero-order valence-electron chi connectivity index (χ0n) is 12.4. The van der Waals surface area contributed by atoms with E-state index in [1.807, 2.05) is 18.2 Å². The Morgan fingerprint density at radius 1 is 1.26 bits per heavy atom. The Morgan fingerprint density at radius 2 is 1.96 bits per heavy atom. The topological polar surface area (TPSA) is 75.6 Å². The molecular weight excluding hydrogens is 338 g/mol. The molecule has 0 fully saturated rings. The van der Waals surface area contributed by atoms with E-state index < -0.39 is 17.9 Å². The number of carboxylic acid groups (broad SMARTS) is 1. The van der Waals surface area contributed by atoms with Crippen LogP contribution in [-0.2, 0) is 9.53 Å². The maximum Gasteiger partial charge on any atom is 0.326 e. The molecule has 1 aromatic heterocycles. The van der Waals surface area contributed by atoms with Gasteiger partial charge in [-0.2, -0.15) is 0 Å². The van der Waals surface area contributed by atoms with Crippen molar-refractivity contribution in [3.05, 3.63) is 46.3 Å². The second kappa shape index (κ2) is 8.10. The van der Waals surface area contributed by atoms with E-state index in [0.717, 1.165) is 10.4 Å². The number of amides is 1. The second-order valence-electron chi connectivity index (χ2n) is 4.82. The number of hydrogen-bond donors (Lipinski definition) is 2. The summed E-state index contributed by atoms with van der Waals surface area (Å²) in [4.78, 5) is 24.7. The highest BCUT2D eigenvalue weighted by Crippen LogP contribution is 2.29. The van der Waals surface area contributed by atoms with E-state index in [9.17, 15) is 9.59 Å². The Balaban J connectivity index is 2.08. The fourth-order valence-electron chi connectivity index (χ4n) is 1.95. The molecule has 5 nitrogen and oxygen atoms in total. The number of thiophene rings is 1. The quantitative estimate of drug-likeness (QED) is 0.800. The highest BCUT2D eigenvalue weighted by Gasteiger charge is 2.21. The lowest BCUT2D eigenvalue weighted by molar-refractivity contribution is -0.139. The van der Waals surface area contributed by atoms with Crippen molar-refractivity contribution in [1.82, 2.24) is 5.32 Å². The van der Waals surface area contributed by atoms with E-state index in [-0.39, 0.29) is 13.0 Å². The molecule has 0 saturated carbocycles. The van der Waals surface area contributed by atoms with E-state index in [1.165, 1.54) is 18.4 Å². The molecule has 1 atom stereocenters. The predicted octanol–water partition coefficient (Wildman–Crippen LogP) is 3.29. The summed E-state index contributed by atoms with van der Waals surface area (Å²) in [6, 6.07) is 9.84. The normalized spacial score (nSPS) is 11.9. The summed E-state index contributed by atoms with van der Waals surface area (Å²) in [5, 5.41) is 12.3. The van der Waals surface area contributed by atoms with Crippen molar-refractivity contribution >= 4 is 34.8 Å². The second-order valence-corrected chi connectivity index (χ2v) is 6.34. The number of carbonyl (C=O) groups excluding carboxylic acids is 1. The Bertz CT molecular complexity index is 684. The number of aliphatic carboxylic acids is 1. The fourth-order valence-corrected chi connectivity index (χ4v) is 2.99. The van der Waals surface area contributed by atoms with E-state index in [4.69, 9.17) is 21.4 Å². The van der Waals surface area contributed by atoms with E-state index >= 15 is 0 Å². The van der Waals surface area contributed by atoms with Crippen LogP contribution in [-0.4, -0.2) is 36.7 Å². The lowest BCUT2D eigenvalue weighted by Gasteiger charge is -2.13. The lowest BCUT2D eigenvalue weighted by Crippen LogP contribution is -2.41. The SMILES string of the molecule is COCCC(NC(=O)c1ccc(-c2ccc(Cl)cc2)s1)C(=O)O. The highest BCUT2D eigenvalue weighted by atomic mass is 35.5. The molecule has 0 bridgehead atoms. The monoisotopic (exact) mass is 353 g/mol. The summed E-state index contributed by atoms with van der Waals surface area (Å²) < 4.78 is 4.86. The molecule has 1 aromatic carbocycles. The largest absolute Gasteiger partial charge is 0.480 e. The first-order chi connectivity index (χ1) is 11.0. The van der Waals surface area contributed by atoms with Crippen LogP contribution in [0.5, 0.6) is 0 Å². The van der Waals surface area contributed by atoms with E-state index in [1.54, 1.807) is 18.2 Å². The highest BCUT2D eigenvalue weighted by molar-refractivity contribution is 7.17. The van der Waals surface area contributed by atoms with Gasteiger partial charge in [0.05, 0.1) is 4.88 Å². The summed E-state index contributed by atoms with van der Waals surface area (Å²) in [7, 11) is 1.48. The molecule has 1 heterocycles. The first-order valence-electron chi connectivity index (χ1n) is 6.89. The molecule has 0 aliphatic heterocycles. The van der Waals surface area contributed by atoms with Crippen LogP contribution in [0.15, 0.2) is 36.4 Å². The molecule has 0 spiro atoms. The molecule has 0 aliphatic rings. The van der Waals surface area contributed by atoms with Crippen LogP contribution in [0.1, 0.15) is 16.1 Å². The van der Waals surface area contributed by atoms with Crippen molar-refractivity contribution in [2.75, 3.05) is 13.7 Å². The first-order valence-corrected chi connectivity index (χ1v) is 8.09. The Labute approximate surface area is 142 Å². The molecule has 0 saturated heterocycles. The predicted molar refractivity (Wildman–Crippen MR) is 90.1 cm³/mol. The average molecular weight is 354 g/mol. The molecule has 23 heavy (non-hydrogen) atoms. The first kappa shape index (κ1) is 17.5. The smallest absolute Gasteiger partial charge is 0.326 e. The minimum Gasteiger partial charge on any atom is -0.480 e. The van der Waals surface area contributed by atoms with Crippen molar-refractivity contribution in [2.24, 2.45) is 0 Å². The third kappa shape index (κ3) is 4.79. The van der Waals surface area contributed by atoms with E-state index in [0.29, 0.717) is 9.90 Å². The summed E-state index contributed by atoms with van der Waals surface area (Å²) in [5.74, 6) is -1.48. The van der Waals surface area contributed by atoms with Crippen molar-refractivity contribution in [1.29, 1.82) is 0 Å². The van der Waals surface area contributed by atoms with Gasteiger partial charge in [-0.1, -0.05) is 23.7 Å². The molecule has 2 aromatic rings. The molecule has 2 rings (SSSR count). The number of benzene rings is 1. The fraction of sp³-hybridized carbons (Fsp3) is 0.250. The number of carboxylic acids is 1. The van der Waals surface area contributed by atoms with Crippen LogP contribution in [0.25, 0.3) is 10.4 Å². The number of methoxy groups -OCH3 is 1. The van der Waals surface area contributed by atoms with Crippen molar-refractivity contribution in [3.63, 3.8) is 0 Å². The Kier molecular flexibility index (Phi) is 6.15. The molecule has 0 radical (unpaired) electrons. The number of ether oxygens (including phenoxy) is 1. The van der Waals surface area contributed by atoms with Crippen molar-refractivity contribution < 1.29 is 19.4 Å². The third-order valence-corrected chi connectivity index (χ3v) is 4.56. The number of nitrogens with one attached hydrogen (secondary N) is 1. The molecule has 7 heteroatoms. The molecule has 122 valence electrons. The summed E-state index contributed by atoms with van der Waals surface area (Å²) in [6.45, 7) is 0.262. The standard InChI is InChI=1S/C16H16ClNO4S/c1-22-9-8-12(16(20)21)18-15(19)14-7-6-13(23-14)10-2-4-11(17)5-3-10/h2-7,12H,8-9H2,1H3,(H,18,19)(H,20,21). The summed E-state index contributed by atoms with van der Waals surface area (Å²) in [5.41, 5.74) is 0.951. The van der Waals surface area contributed by atoms with Gasteiger partial charge in [0.1, 0.15) is 6.04 Å². The molecule has 0 aliphatic carbocycles. The van der Waals surface area contributed by atoms with Gasteiger partial charge >= 0.3 is 5.97 Å². The van der Waals surface area contributed by atoms with Gasteiger partial charge in [-0.3, -0.25) is 4.79 Å². The van der Waals surface area contributed by atoms with Crippen LogP contribution in [0.2, 0.25) is 5.02 Å². The van der Waals surface area contributed by atoms with E-state index in [2.05, 4.69) is 5.32 Å². The molecular formula is C16H16ClNO4S. The van der Waals surface area contributed by atoms with Gasteiger partial charge in [-0.15, -0.1) is 11.3 Å². The lowest BCUT2D eigenvalue weighted by atomic mass is 10.2. The van der Waals surface area contributed by atoms with Crippen LogP contribution in [0.4, 0.5) is 0 Å². The van der Waals surface area contributed by atoms with Crippen LogP contribution >= 0.6 is 22.9 Å². The molecule has 1 amide bonds. The minimum atomic E-state index is -1.08. The van der Waals surface area contributed by atoms with Gasteiger partial charge in [0, 0.05) is 30.0 Å². The maximum absolute atomic E-state index is 12.2. The van der Waals surface area contributed by atoms with Crippen LogP contribution in [0, 0.1) is 0 Å².